The Labute approximate surface area is 179 Å². The molecule has 2 bridgehead atoms. The predicted octanol–water partition coefficient (Wildman–Crippen LogP) is 4.03. The molecular formula is C24H30N2O3S. The maximum atomic E-state index is 13.0. The Morgan fingerprint density at radius 1 is 1.10 bits per heavy atom. The third kappa shape index (κ3) is 4.44. The summed E-state index contributed by atoms with van der Waals surface area (Å²) >= 11 is 0. The highest BCUT2D eigenvalue weighted by Gasteiger charge is 2.42. The Balaban J connectivity index is 1.46. The molecule has 0 saturated heterocycles. The smallest absolute Gasteiger partial charge is 0.251 e. The molecule has 4 unspecified atom stereocenters. The van der Waals surface area contributed by atoms with E-state index in [1.165, 1.54) is 31.7 Å². The number of benzene rings is 2. The number of fused-ring (bicyclic) bond motifs is 2. The first kappa shape index (κ1) is 21.1. The van der Waals surface area contributed by atoms with Gasteiger partial charge in [0.15, 0.2) is 0 Å². The van der Waals surface area contributed by atoms with Crippen molar-refractivity contribution in [3.05, 3.63) is 65.2 Å². The number of hydrogen-bond acceptors (Lipinski definition) is 3. The summed E-state index contributed by atoms with van der Waals surface area (Å²) in [5.41, 5.74) is 2.08. The largest absolute Gasteiger partial charge is 0.349 e. The Hall–Kier alpha value is -2.18. The minimum absolute atomic E-state index is 0.101. The van der Waals surface area contributed by atoms with Crippen LogP contribution in [0.25, 0.3) is 0 Å². The van der Waals surface area contributed by atoms with Crippen molar-refractivity contribution in [3.63, 3.8) is 0 Å². The van der Waals surface area contributed by atoms with Crippen LogP contribution in [-0.4, -0.2) is 20.4 Å². The first-order valence-electron chi connectivity index (χ1n) is 10.8. The van der Waals surface area contributed by atoms with Crippen LogP contribution in [0.4, 0.5) is 0 Å². The van der Waals surface area contributed by atoms with Crippen LogP contribution in [0.2, 0.25) is 0 Å². The normalized spacial score (nSPS) is 24.0. The fourth-order valence-electron chi connectivity index (χ4n) is 5.17. The molecule has 4 atom stereocenters. The van der Waals surface area contributed by atoms with Gasteiger partial charge < -0.3 is 5.32 Å². The van der Waals surface area contributed by atoms with Crippen LogP contribution in [0, 0.1) is 24.7 Å². The van der Waals surface area contributed by atoms with Gasteiger partial charge in [0, 0.05) is 18.2 Å². The number of aryl methyl sites for hydroxylation is 1. The van der Waals surface area contributed by atoms with Crippen molar-refractivity contribution in [2.45, 2.75) is 57.0 Å². The lowest BCUT2D eigenvalue weighted by Crippen LogP contribution is -2.40. The van der Waals surface area contributed by atoms with E-state index in [0.717, 1.165) is 23.0 Å². The molecule has 1 amide bonds. The molecule has 2 aromatic carbocycles. The van der Waals surface area contributed by atoms with Gasteiger partial charge in [0.25, 0.3) is 5.91 Å². The van der Waals surface area contributed by atoms with Gasteiger partial charge in [0.2, 0.25) is 10.0 Å². The van der Waals surface area contributed by atoms with E-state index in [-0.39, 0.29) is 23.4 Å². The van der Waals surface area contributed by atoms with Crippen molar-refractivity contribution in [1.29, 1.82) is 0 Å². The van der Waals surface area contributed by atoms with Gasteiger partial charge in [-0.15, -0.1) is 0 Å². The summed E-state index contributed by atoms with van der Waals surface area (Å²) in [6.07, 6.45) is 5.10. The van der Waals surface area contributed by atoms with Crippen molar-refractivity contribution >= 4 is 15.9 Å². The summed E-state index contributed by atoms with van der Waals surface area (Å²) in [5, 5.41) is 3.15. The van der Waals surface area contributed by atoms with Crippen LogP contribution >= 0.6 is 0 Å². The highest BCUT2D eigenvalue weighted by atomic mass is 32.2. The van der Waals surface area contributed by atoms with E-state index < -0.39 is 10.0 Å². The van der Waals surface area contributed by atoms with Crippen LogP contribution in [0.15, 0.2) is 53.4 Å². The van der Waals surface area contributed by atoms with Crippen molar-refractivity contribution in [1.82, 2.24) is 10.0 Å². The SMILES string of the molecule is Cc1ccc(S(=O)(=O)NCc2ccccc2)cc1C(=O)NC(C)C1CC2CCC1C2. The molecule has 2 aromatic rings. The molecule has 2 N–H and O–H groups in total. The summed E-state index contributed by atoms with van der Waals surface area (Å²) in [6.45, 7) is 4.13. The number of hydrogen-bond donors (Lipinski definition) is 2. The van der Waals surface area contributed by atoms with Gasteiger partial charge in [0.05, 0.1) is 4.90 Å². The molecule has 4 rings (SSSR count). The van der Waals surface area contributed by atoms with Gasteiger partial charge >= 0.3 is 0 Å². The number of sulfonamides is 1. The number of amides is 1. The molecule has 0 aromatic heterocycles. The van der Waals surface area contributed by atoms with E-state index in [2.05, 4.69) is 17.0 Å². The van der Waals surface area contributed by atoms with E-state index in [1.54, 1.807) is 12.1 Å². The van der Waals surface area contributed by atoms with Crippen LogP contribution in [0.3, 0.4) is 0 Å². The van der Waals surface area contributed by atoms with E-state index >= 15 is 0 Å². The third-order valence-electron chi connectivity index (χ3n) is 6.87. The number of rotatable bonds is 7. The van der Waals surface area contributed by atoms with Gasteiger partial charge in [0.1, 0.15) is 0 Å². The van der Waals surface area contributed by atoms with Crippen LogP contribution < -0.4 is 10.0 Å². The first-order chi connectivity index (χ1) is 14.3. The maximum Gasteiger partial charge on any atom is 0.251 e. The average molecular weight is 427 g/mol. The molecule has 30 heavy (non-hydrogen) atoms. The fraction of sp³-hybridized carbons (Fsp3) is 0.458. The highest BCUT2D eigenvalue weighted by molar-refractivity contribution is 7.89. The monoisotopic (exact) mass is 426 g/mol. The van der Waals surface area contributed by atoms with E-state index in [9.17, 15) is 13.2 Å². The van der Waals surface area contributed by atoms with Crippen LogP contribution in [-0.2, 0) is 16.6 Å². The van der Waals surface area contributed by atoms with Crippen molar-refractivity contribution < 1.29 is 13.2 Å². The van der Waals surface area contributed by atoms with Crippen molar-refractivity contribution in [2.75, 3.05) is 0 Å². The zero-order valence-electron chi connectivity index (χ0n) is 17.6. The molecule has 0 radical (unpaired) electrons. The standard InChI is InChI=1S/C24H30N2O3S/c1-16-8-11-21(30(28,29)25-15-18-6-4-3-5-7-18)14-22(16)24(27)26-17(2)23-13-19-9-10-20(23)12-19/h3-8,11,14,17,19-20,23,25H,9-10,12-13,15H2,1-2H3,(H,26,27). The lowest BCUT2D eigenvalue weighted by molar-refractivity contribution is 0.0914. The Kier molecular flexibility index (Phi) is 5.98. The number of carbonyl (C=O) groups excluding carboxylic acids is 1. The maximum absolute atomic E-state index is 13.0. The molecule has 160 valence electrons. The summed E-state index contributed by atoms with van der Waals surface area (Å²) in [6, 6.07) is 14.2. The van der Waals surface area contributed by atoms with E-state index in [4.69, 9.17) is 0 Å². The first-order valence-corrected chi connectivity index (χ1v) is 12.3. The Morgan fingerprint density at radius 2 is 1.87 bits per heavy atom. The van der Waals surface area contributed by atoms with Gasteiger partial charge in [-0.2, -0.15) is 0 Å². The Morgan fingerprint density at radius 3 is 2.53 bits per heavy atom. The van der Waals surface area contributed by atoms with Crippen molar-refractivity contribution in [2.24, 2.45) is 17.8 Å². The second-order valence-corrected chi connectivity index (χ2v) is 10.7. The second-order valence-electron chi connectivity index (χ2n) is 8.89. The zero-order valence-corrected chi connectivity index (χ0v) is 18.4. The molecule has 0 heterocycles. The molecular weight excluding hydrogens is 396 g/mol. The van der Waals surface area contributed by atoms with Crippen LogP contribution in [0.5, 0.6) is 0 Å². The Bertz CT molecular complexity index is 1020. The highest BCUT2D eigenvalue weighted by Crippen LogP contribution is 2.49. The fourth-order valence-corrected chi connectivity index (χ4v) is 6.21. The predicted molar refractivity (Wildman–Crippen MR) is 118 cm³/mol. The van der Waals surface area contributed by atoms with Gasteiger partial charge in [-0.1, -0.05) is 42.8 Å². The molecule has 2 saturated carbocycles. The quantitative estimate of drug-likeness (QED) is 0.702. The molecule has 2 aliphatic rings. The average Bonchev–Trinajstić information content (AvgIpc) is 3.37. The summed E-state index contributed by atoms with van der Waals surface area (Å²) in [4.78, 5) is 13.1. The van der Waals surface area contributed by atoms with Gasteiger partial charge in [-0.3, -0.25) is 4.79 Å². The van der Waals surface area contributed by atoms with E-state index in [0.29, 0.717) is 11.5 Å². The molecule has 2 aliphatic carbocycles. The minimum atomic E-state index is -3.71. The van der Waals surface area contributed by atoms with Gasteiger partial charge in [-0.25, -0.2) is 13.1 Å². The molecule has 0 spiro atoms. The van der Waals surface area contributed by atoms with Crippen LogP contribution in [0.1, 0.15) is 54.1 Å². The molecule has 5 nitrogen and oxygen atoms in total. The molecule has 2 fully saturated rings. The van der Waals surface area contributed by atoms with Gasteiger partial charge in [-0.05, 0) is 74.1 Å². The summed E-state index contributed by atoms with van der Waals surface area (Å²) < 4.78 is 28.2. The number of carbonyl (C=O) groups is 1. The number of nitrogens with one attached hydrogen (secondary N) is 2. The lowest BCUT2D eigenvalue weighted by Gasteiger charge is -2.28. The topological polar surface area (TPSA) is 75.3 Å². The van der Waals surface area contributed by atoms with E-state index in [1.807, 2.05) is 37.3 Å². The summed E-state index contributed by atoms with van der Waals surface area (Å²) in [5.74, 6) is 1.89. The van der Waals surface area contributed by atoms with Crippen molar-refractivity contribution in [3.8, 4) is 0 Å². The minimum Gasteiger partial charge on any atom is -0.349 e. The lowest BCUT2D eigenvalue weighted by atomic mass is 9.84. The molecule has 6 heteroatoms. The summed E-state index contributed by atoms with van der Waals surface area (Å²) in [7, 11) is -3.71. The second kappa shape index (κ2) is 8.52. The molecule has 0 aliphatic heterocycles. The zero-order chi connectivity index (χ0) is 21.3. The third-order valence-corrected chi connectivity index (χ3v) is 8.27.